The summed E-state index contributed by atoms with van der Waals surface area (Å²) in [5.41, 5.74) is 2.68. The first-order valence-electron chi connectivity index (χ1n) is 13.2. The van der Waals surface area contributed by atoms with Crippen LogP contribution in [0.5, 0.6) is 0 Å². The fourth-order valence-corrected chi connectivity index (χ4v) is 5.58. The minimum atomic E-state index is -0.308. The maximum atomic E-state index is 13.3. The van der Waals surface area contributed by atoms with Crippen LogP contribution in [-0.4, -0.2) is 78.3 Å². The number of rotatable bonds is 2. The van der Waals surface area contributed by atoms with E-state index in [0.29, 0.717) is 37.5 Å². The highest BCUT2D eigenvalue weighted by Gasteiger charge is 2.27. The highest BCUT2D eigenvalue weighted by Crippen LogP contribution is 2.29. The average molecular weight is 472 g/mol. The molecule has 7 nitrogen and oxygen atoms in total. The number of hydrogen-bond donors (Lipinski definition) is 1. The number of fused-ring (bicyclic) bond motifs is 1. The molecule has 1 aromatic rings. The first kappa shape index (κ1) is 25.1. The number of aliphatic hydroxyl groups excluding tert-OH is 1. The van der Waals surface area contributed by atoms with E-state index >= 15 is 0 Å². The second kappa shape index (κ2) is 12.1. The summed E-state index contributed by atoms with van der Waals surface area (Å²) in [5, 5.41) is 9.83. The molecule has 2 amide bonds. The maximum Gasteiger partial charge on any atom is 0.253 e. The normalized spacial score (nSPS) is 22.5. The molecule has 0 bridgehead atoms. The second-order valence-corrected chi connectivity index (χ2v) is 10.1. The summed E-state index contributed by atoms with van der Waals surface area (Å²) in [6.07, 6.45) is 8.74. The van der Waals surface area contributed by atoms with Crippen LogP contribution in [0.1, 0.15) is 80.6 Å². The van der Waals surface area contributed by atoms with Gasteiger partial charge in [-0.2, -0.15) is 0 Å². The van der Waals surface area contributed by atoms with Crippen LogP contribution in [0.2, 0.25) is 0 Å². The molecule has 3 heterocycles. The topological polar surface area (TPSA) is 73.3 Å². The molecule has 7 heteroatoms. The van der Waals surface area contributed by atoms with E-state index in [1.807, 2.05) is 28.0 Å². The third-order valence-electron chi connectivity index (χ3n) is 7.66. The van der Waals surface area contributed by atoms with Crippen LogP contribution in [0.15, 0.2) is 18.2 Å². The molecule has 1 aromatic carbocycles. The number of piperidine rings is 1. The summed E-state index contributed by atoms with van der Waals surface area (Å²) in [6, 6.07) is 6.36. The Hall–Kier alpha value is -1.96. The van der Waals surface area contributed by atoms with Crippen LogP contribution in [0.3, 0.4) is 0 Å². The number of amides is 2. The Bertz CT molecular complexity index is 831. The lowest BCUT2D eigenvalue weighted by Gasteiger charge is -2.36. The minimum absolute atomic E-state index is 0.0211. The molecule has 34 heavy (non-hydrogen) atoms. The van der Waals surface area contributed by atoms with Gasteiger partial charge in [-0.05, 0) is 68.8 Å². The van der Waals surface area contributed by atoms with E-state index in [0.717, 1.165) is 69.8 Å². The van der Waals surface area contributed by atoms with Gasteiger partial charge in [-0.25, -0.2) is 0 Å². The van der Waals surface area contributed by atoms with Crippen molar-refractivity contribution in [2.75, 3.05) is 44.3 Å². The average Bonchev–Trinajstić information content (AvgIpc) is 2.84. The highest BCUT2D eigenvalue weighted by atomic mass is 16.5. The van der Waals surface area contributed by atoms with E-state index in [-0.39, 0.29) is 17.9 Å². The quantitative estimate of drug-likeness (QED) is 0.714. The summed E-state index contributed by atoms with van der Waals surface area (Å²) in [5.74, 6) is 0.0767. The van der Waals surface area contributed by atoms with Crippen molar-refractivity contribution >= 4 is 17.5 Å². The zero-order chi connectivity index (χ0) is 23.9. The Balaban J connectivity index is 1.65. The molecule has 0 spiro atoms. The van der Waals surface area contributed by atoms with E-state index in [9.17, 15) is 14.7 Å². The van der Waals surface area contributed by atoms with Crippen molar-refractivity contribution < 1.29 is 19.4 Å². The van der Waals surface area contributed by atoms with Gasteiger partial charge in [0.2, 0.25) is 5.91 Å². The van der Waals surface area contributed by atoms with Crippen molar-refractivity contribution in [3.63, 3.8) is 0 Å². The van der Waals surface area contributed by atoms with Crippen LogP contribution in [0, 0.1) is 0 Å². The Kier molecular flexibility index (Phi) is 8.98. The summed E-state index contributed by atoms with van der Waals surface area (Å²) in [7, 11) is 0. The van der Waals surface area contributed by atoms with Gasteiger partial charge in [0.1, 0.15) is 0 Å². The maximum absolute atomic E-state index is 13.3. The van der Waals surface area contributed by atoms with Gasteiger partial charge in [0.05, 0.1) is 6.10 Å². The molecular formula is C27H41N3O4. The van der Waals surface area contributed by atoms with Gasteiger partial charge in [-0.1, -0.05) is 19.3 Å². The Labute approximate surface area is 204 Å². The Morgan fingerprint density at radius 2 is 1.59 bits per heavy atom. The summed E-state index contributed by atoms with van der Waals surface area (Å²) >= 11 is 0. The van der Waals surface area contributed by atoms with E-state index in [1.54, 1.807) is 6.92 Å². The highest BCUT2D eigenvalue weighted by molar-refractivity contribution is 5.97. The van der Waals surface area contributed by atoms with Crippen LogP contribution >= 0.6 is 0 Å². The number of anilines is 1. The SMILES string of the molecule is CC(=O)N1CCCCCCCN(C2CCOCC2)Cc2cc(C(=O)N3CCC(O)CC3)ccc21. The fourth-order valence-electron chi connectivity index (χ4n) is 5.58. The molecule has 3 aliphatic rings. The third-order valence-corrected chi connectivity index (χ3v) is 7.66. The summed E-state index contributed by atoms with van der Waals surface area (Å²) in [6.45, 7) is 6.91. The number of likely N-dealkylation sites (tertiary alicyclic amines) is 1. The van der Waals surface area contributed by atoms with Crippen molar-refractivity contribution in [1.29, 1.82) is 0 Å². The molecule has 188 valence electrons. The monoisotopic (exact) mass is 471 g/mol. The van der Waals surface area contributed by atoms with Crippen LogP contribution < -0.4 is 4.90 Å². The van der Waals surface area contributed by atoms with Crippen LogP contribution in [-0.2, 0) is 16.1 Å². The molecule has 0 aliphatic carbocycles. The smallest absolute Gasteiger partial charge is 0.253 e. The van der Waals surface area contributed by atoms with Gasteiger partial charge in [0.25, 0.3) is 5.91 Å². The van der Waals surface area contributed by atoms with Gasteiger partial charge in [-0.3, -0.25) is 14.5 Å². The van der Waals surface area contributed by atoms with E-state index in [4.69, 9.17) is 4.74 Å². The minimum Gasteiger partial charge on any atom is -0.393 e. The van der Waals surface area contributed by atoms with Crippen LogP contribution in [0.25, 0.3) is 0 Å². The first-order valence-corrected chi connectivity index (χ1v) is 13.2. The number of carbonyl (C=O) groups excluding carboxylic acids is 2. The van der Waals surface area contributed by atoms with E-state index in [2.05, 4.69) is 4.90 Å². The Morgan fingerprint density at radius 3 is 2.29 bits per heavy atom. The van der Waals surface area contributed by atoms with E-state index < -0.39 is 0 Å². The molecular weight excluding hydrogens is 430 g/mol. The lowest BCUT2D eigenvalue weighted by atomic mass is 10.00. The Morgan fingerprint density at radius 1 is 0.912 bits per heavy atom. The zero-order valence-electron chi connectivity index (χ0n) is 20.7. The molecule has 0 saturated carbocycles. The molecule has 2 fully saturated rings. The molecule has 4 rings (SSSR count). The number of nitrogens with zero attached hydrogens (tertiary/aromatic N) is 3. The second-order valence-electron chi connectivity index (χ2n) is 10.1. The van der Waals surface area contributed by atoms with E-state index in [1.165, 1.54) is 19.3 Å². The standard InChI is InChI=1S/C27H41N3O4/c1-21(31)30-14-6-4-2-3-5-13-29(24-11-17-34-18-12-24)20-23-19-22(7-8-26(23)30)27(33)28-15-9-25(32)10-16-28/h7-8,19,24-25,32H,2-6,9-18,20H2,1H3. The molecule has 2 saturated heterocycles. The number of carbonyl (C=O) groups is 2. The van der Waals surface area contributed by atoms with Gasteiger partial charge < -0.3 is 19.6 Å². The number of aliphatic hydroxyl groups is 1. The van der Waals surface area contributed by atoms with Crippen molar-refractivity contribution in [3.8, 4) is 0 Å². The molecule has 0 unspecified atom stereocenters. The lowest BCUT2D eigenvalue weighted by Crippen LogP contribution is -2.41. The van der Waals surface area contributed by atoms with Gasteiger partial charge >= 0.3 is 0 Å². The molecule has 0 radical (unpaired) electrons. The number of hydrogen-bond acceptors (Lipinski definition) is 5. The first-order chi connectivity index (χ1) is 16.5. The predicted octanol–water partition coefficient (Wildman–Crippen LogP) is 3.58. The molecule has 1 N–H and O–H groups in total. The van der Waals surface area contributed by atoms with Crippen molar-refractivity contribution in [2.45, 2.75) is 83.4 Å². The van der Waals surface area contributed by atoms with Crippen molar-refractivity contribution in [2.24, 2.45) is 0 Å². The summed E-state index contributed by atoms with van der Waals surface area (Å²) < 4.78 is 5.62. The molecule has 0 aromatic heterocycles. The predicted molar refractivity (Wildman–Crippen MR) is 133 cm³/mol. The van der Waals surface area contributed by atoms with Gasteiger partial charge in [-0.15, -0.1) is 0 Å². The van der Waals surface area contributed by atoms with Crippen molar-refractivity contribution in [1.82, 2.24) is 9.80 Å². The largest absolute Gasteiger partial charge is 0.393 e. The van der Waals surface area contributed by atoms with Gasteiger partial charge in [0.15, 0.2) is 0 Å². The third kappa shape index (κ3) is 6.37. The molecule has 0 atom stereocenters. The number of ether oxygens (including phenoxy) is 1. The van der Waals surface area contributed by atoms with Crippen molar-refractivity contribution in [3.05, 3.63) is 29.3 Å². The zero-order valence-corrected chi connectivity index (χ0v) is 20.7. The van der Waals surface area contributed by atoms with Crippen LogP contribution in [0.4, 0.5) is 5.69 Å². The number of benzene rings is 1. The molecule has 3 aliphatic heterocycles. The lowest BCUT2D eigenvalue weighted by molar-refractivity contribution is -0.116. The fraction of sp³-hybridized carbons (Fsp3) is 0.704. The van der Waals surface area contributed by atoms with Gasteiger partial charge in [0, 0.05) is 63.6 Å². The summed E-state index contributed by atoms with van der Waals surface area (Å²) in [4.78, 5) is 32.3.